The van der Waals surface area contributed by atoms with Crippen molar-refractivity contribution in [2.75, 3.05) is 0 Å². The van der Waals surface area contributed by atoms with Gasteiger partial charge in [-0.2, -0.15) is 0 Å². The molecule has 1 heterocycles. The lowest BCUT2D eigenvalue weighted by atomic mass is 10.1. The molecule has 74 valence electrons. The summed E-state index contributed by atoms with van der Waals surface area (Å²) in [5.74, 6) is 1.31. The smallest absolute Gasteiger partial charge is 0.226 e. The molecule has 1 N–H and O–H groups in total. The van der Waals surface area contributed by atoms with Crippen molar-refractivity contribution in [3.05, 3.63) is 35.6 Å². The Morgan fingerprint density at radius 1 is 1.50 bits per heavy atom. The minimum absolute atomic E-state index is 0.0632. The van der Waals surface area contributed by atoms with Crippen molar-refractivity contribution in [2.24, 2.45) is 0 Å². The maximum Gasteiger partial charge on any atom is 0.226 e. The molecule has 0 aliphatic heterocycles. The van der Waals surface area contributed by atoms with Gasteiger partial charge in [-0.1, -0.05) is 18.2 Å². The highest BCUT2D eigenvalue weighted by atomic mass is 16.4. The van der Waals surface area contributed by atoms with Crippen molar-refractivity contribution in [1.82, 2.24) is 4.98 Å². The first-order valence-corrected chi connectivity index (χ1v) is 4.75. The van der Waals surface area contributed by atoms with Gasteiger partial charge < -0.3 is 9.52 Å². The largest absolute Gasteiger partial charge is 0.441 e. The van der Waals surface area contributed by atoms with Crippen LogP contribution in [0.15, 0.2) is 22.6 Å². The van der Waals surface area contributed by atoms with E-state index in [1.807, 2.05) is 13.0 Å². The minimum Gasteiger partial charge on any atom is -0.441 e. The molecule has 0 aromatic carbocycles. The number of nitrogens with zero attached hydrogens (tertiary/aromatic N) is 1. The third-order valence-electron chi connectivity index (χ3n) is 2.28. The quantitative estimate of drug-likeness (QED) is 0.779. The van der Waals surface area contributed by atoms with E-state index in [4.69, 9.17) is 9.52 Å². The minimum atomic E-state index is -0.0632. The second-order valence-electron chi connectivity index (χ2n) is 3.32. The number of hydrogen-bond acceptors (Lipinski definition) is 3. The topological polar surface area (TPSA) is 46.3 Å². The number of hydrogen-bond donors (Lipinski definition) is 1. The summed E-state index contributed by atoms with van der Waals surface area (Å²) >= 11 is 0. The number of oxazole rings is 1. The molecule has 0 atom stereocenters. The van der Waals surface area contributed by atoms with Crippen LogP contribution >= 0.6 is 0 Å². The van der Waals surface area contributed by atoms with Gasteiger partial charge in [-0.25, -0.2) is 4.98 Å². The molecule has 1 aliphatic rings. The van der Waals surface area contributed by atoms with Crippen molar-refractivity contribution < 1.29 is 9.52 Å². The molecular weight excluding hydrogens is 178 g/mol. The number of aliphatic hydroxyl groups excluding tert-OH is 1. The van der Waals surface area contributed by atoms with Crippen molar-refractivity contribution in [3.63, 3.8) is 0 Å². The molecule has 0 saturated carbocycles. The lowest BCUT2D eigenvalue weighted by Crippen LogP contribution is -1.88. The number of aryl methyl sites for hydroxylation is 1. The summed E-state index contributed by atoms with van der Waals surface area (Å²) in [6.45, 7) is 1.75. The van der Waals surface area contributed by atoms with Crippen LogP contribution in [-0.2, 0) is 6.61 Å². The van der Waals surface area contributed by atoms with E-state index < -0.39 is 0 Å². The van der Waals surface area contributed by atoms with Gasteiger partial charge in [0, 0.05) is 5.57 Å². The number of rotatable bonds is 2. The molecule has 0 fully saturated rings. The van der Waals surface area contributed by atoms with E-state index in [2.05, 4.69) is 17.1 Å². The van der Waals surface area contributed by atoms with Crippen LogP contribution in [0.3, 0.4) is 0 Å². The van der Waals surface area contributed by atoms with Crippen LogP contribution in [0.25, 0.3) is 5.57 Å². The van der Waals surface area contributed by atoms with E-state index in [1.54, 1.807) is 0 Å². The van der Waals surface area contributed by atoms with Crippen LogP contribution in [0.5, 0.6) is 0 Å². The molecule has 0 unspecified atom stereocenters. The maximum absolute atomic E-state index is 8.97. The Hall–Kier alpha value is -1.35. The van der Waals surface area contributed by atoms with Crippen LogP contribution in [0.1, 0.15) is 30.2 Å². The van der Waals surface area contributed by atoms with Crippen LogP contribution in [0, 0.1) is 6.92 Å². The lowest BCUT2D eigenvalue weighted by Gasteiger charge is -2.01. The van der Waals surface area contributed by atoms with Gasteiger partial charge in [-0.15, -0.1) is 0 Å². The highest BCUT2D eigenvalue weighted by Crippen LogP contribution is 2.22. The van der Waals surface area contributed by atoms with E-state index in [0.29, 0.717) is 17.3 Å². The normalized spacial score (nSPS) is 15.7. The molecule has 1 aliphatic carbocycles. The van der Waals surface area contributed by atoms with Gasteiger partial charge in [-0.05, 0) is 19.8 Å². The van der Waals surface area contributed by atoms with Gasteiger partial charge in [0.05, 0.1) is 6.61 Å². The Morgan fingerprint density at radius 2 is 2.36 bits per heavy atom. The molecule has 0 spiro atoms. The zero-order valence-electron chi connectivity index (χ0n) is 8.16. The van der Waals surface area contributed by atoms with E-state index in [-0.39, 0.29) is 6.61 Å². The first-order chi connectivity index (χ1) is 6.81. The van der Waals surface area contributed by atoms with Crippen molar-refractivity contribution >= 4 is 5.57 Å². The molecule has 3 nitrogen and oxygen atoms in total. The second kappa shape index (κ2) is 3.80. The predicted octanol–water partition coefficient (Wildman–Crippen LogP) is 2.21. The van der Waals surface area contributed by atoms with E-state index >= 15 is 0 Å². The fourth-order valence-corrected chi connectivity index (χ4v) is 1.47. The fraction of sp³-hybridized carbons (Fsp3) is 0.364. The monoisotopic (exact) mass is 191 g/mol. The summed E-state index contributed by atoms with van der Waals surface area (Å²) in [4.78, 5) is 4.22. The fourth-order valence-electron chi connectivity index (χ4n) is 1.47. The Morgan fingerprint density at radius 3 is 2.93 bits per heavy atom. The molecular formula is C11H13NO2. The average Bonchev–Trinajstić information content (AvgIpc) is 2.61. The van der Waals surface area contributed by atoms with Gasteiger partial charge in [0.2, 0.25) is 5.89 Å². The van der Waals surface area contributed by atoms with E-state index in [1.165, 1.54) is 0 Å². The van der Waals surface area contributed by atoms with E-state index in [9.17, 15) is 0 Å². The predicted molar refractivity (Wildman–Crippen MR) is 53.5 cm³/mol. The summed E-state index contributed by atoms with van der Waals surface area (Å²) in [5, 5.41) is 8.97. The summed E-state index contributed by atoms with van der Waals surface area (Å²) < 4.78 is 5.45. The van der Waals surface area contributed by atoms with Crippen LogP contribution in [0.4, 0.5) is 0 Å². The Bertz CT molecular complexity index is 388. The van der Waals surface area contributed by atoms with Gasteiger partial charge in [0.25, 0.3) is 0 Å². The molecule has 0 amide bonds. The SMILES string of the molecule is Cc1oc(C2=CCCC=C2)nc1CO. The van der Waals surface area contributed by atoms with Crippen LogP contribution in [-0.4, -0.2) is 10.1 Å². The summed E-state index contributed by atoms with van der Waals surface area (Å²) in [5.41, 5.74) is 1.64. The zero-order valence-corrected chi connectivity index (χ0v) is 8.16. The number of aromatic nitrogens is 1. The standard InChI is InChI=1S/C11H13NO2/c1-8-10(7-13)12-11(14-8)9-5-3-2-4-6-9/h3,5-6,13H,2,4,7H2,1H3. The average molecular weight is 191 g/mol. The summed E-state index contributed by atoms with van der Waals surface area (Å²) in [6, 6.07) is 0. The van der Waals surface area contributed by atoms with Crippen molar-refractivity contribution in [1.29, 1.82) is 0 Å². The van der Waals surface area contributed by atoms with Crippen molar-refractivity contribution in [2.45, 2.75) is 26.4 Å². The highest BCUT2D eigenvalue weighted by molar-refractivity contribution is 5.69. The molecule has 1 aromatic rings. The third kappa shape index (κ3) is 1.63. The first kappa shape index (κ1) is 9.21. The van der Waals surface area contributed by atoms with Crippen LogP contribution < -0.4 is 0 Å². The number of aliphatic hydroxyl groups is 1. The maximum atomic E-state index is 8.97. The van der Waals surface area contributed by atoms with Gasteiger partial charge >= 0.3 is 0 Å². The molecule has 0 radical (unpaired) electrons. The molecule has 1 aromatic heterocycles. The van der Waals surface area contributed by atoms with Gasteiger partial charge in [-0.3, -0.25) is 0 Å². The van der Waals surface area contributed by atoms with Gasteiger partial charge in [0.15, 0.2) is 0 Å². The van der Waals surface area contributed by atoms with Crippen LogP contribution in [0.2, 0.25) is 0 Å². The molecule has 0 bridgehead atoms. The second-order valence-corrected chi connectivity index (χ2v) is 3.32. The Kier molecular flexibility index (Phi) is 2.50. The van der Waals surface area contributed by atoms with Gasteiger partial charge in [0.1, 0.15) is 11.5 Å². The van der Waals surface area contributed by atoms with Crippen molar-refractivity contribution in [3.8, 4) is 0 Å². The highest BCUT2D eigenvalue weighted by Gasteiger charge is 2.11. The molecule has 14 heavy (non-hydrogen) atoms. The Balaban J connectivity index is 2.32. The third-order valence-corrected chi connectivity index (χ3v) is 2.28. The first-order valence-electron chi connectivity index (χ1n) is 4.75. The van der Waals surface area contributed by atoms with E-state index in [0.717, 1.165) is 18.4 Å². The molecule has 3 heteroatoms. The zero-order chi connectivity index (χ0) is 9.97. The lowest BCUT2D eigenvalue weighted by molar-refractivity contribution is 0.275. The summed E-state index contributed by atoms with van der Waals surface area (Å²) in [6.07, 6.45) is 8.33. The number of allylic oxidation sites excluding steroid dienone is 4. The summed E-state index contributed by atoms with van der Waals surface area (Å²) in [7, 11) is 0. The molecule has 2 rings (SSSR count). The molecule has 0 saturated heterocycles. The Labute approximate surface area is 82.8 Å².